The Morgan fingerprint density at radius 3 is 2.83 bits per heavy atom. The van der Waals surface area contributed by atoms with Crippen LogP contribution in [-0.4, -0.2) is 32.3 Å². The van der Waals surface area contributed by atoms with Gasteiger partial charge in [-0.2, -0.15) is 5.10 Å². The molecule has 0 bridgehead atoms. The first-order chi connectivity index (χ1) is 14.6. The number of benzene rings is 2. The molecule has 1 unspecified atom stereocenters. The molecule has 4 aromatic rings. The van der Waals surface area contributed by atoms with E-state index in [1.165, 1.54) is 17.7 Å². The van der Waals surface area contributed by atoms with Crippen molar-refractivity contribution in [2.45, 2.75) is 12.5 Å². The average Bonchev–Trinajstić information content (AvgIpc) is 3.42. The zero-order valence-electron chi connectivity index (χ0n) is 16.3. The second-order valence-electron chi connectivity index (χ2n) is 7.47. The average molecular weight is 402 g/mol. The summed E-state index contributed by atoms with van der Waals surface area (Å²) in [6.45, 7) is 1.01. The number of aryl methyl sites for hydroxylation is 1. The van der Waals surface area contributed by atoms with Crippen molar-refractivity contribution in [3.05, 3.63) is 95.2 Å². The van der Waals surface area contributed by atoms with Crippen LogP contribution in [0.4, 0.5) is 4.39 Å². The summed E-state index contributed by atoms with van der Waals surface area (Å²) in [5, 5.41) is 8.24. The molecule has 30 heavy (non-hydrogen) atoms. The molecule has 6 nitrogen and oxygen atoms in total. The third-order valence-electron chi connectivity index (χ3n) is 5.45. The molecular weight excluding hydrogens is 383 g/mol. The molecular formula is C23H19FN4O2. The second-order valence-corrected chi connectivity index (χ2v) is 7.47. The third kappa shape index (κ3) is 3.28. The van der Waals surface area contributed by atoms with E-state index < -0.39 is 0 Å². The van der Waals surface area contributed by atoms with Crippen LogP contribution in [0.2, 0.25) is 0 Å². The molecule has 2 aromatic heterocycles. The normalized spacial score (nSPS) is 15.8. The van der Waals surface area contributed by atoms with Gasteiger partial charge in [0.2, 0.25) is 0 Å². The highest BCUT2D eigenvalue weighted by Crippen LogP contribution is 2.34. The van der Waals surface area contributed by atoms with Gasteiger partial charge in [0.15, 0.2) is 11.5 Å². The quantitative estimate of drug-likeness (QED) is 0.520. The monoisotopic (exact) mass is 402 g/mol. The predicted octanol–water partition coefficient (Wildman–Crippen LogP) is 4.00. The van der Waals surface area contributed by atoms with E-state index in [1.807, 2.05) is 37.6 Å². The lowest BCUT2D eigenvalue weighted by Gasteiger charge is -2.34. The zero-order chi connectivity index (χ0) is 20.7. The SMILES string of the molecule is Cn1cc(C2CN(C(=O)c3cc(-c4cccc(F)c4)on3)Cc3ccccc32)cn1. The minimum absolute atomic E-state index is 0.0298. The summed E-state index contributed by atoms with van der Waals surface area (Å²) < 4.78 is 20.6. The zero-order valence-corrected chi connectivity index (χ0v) is 16.3. The summed E-state index contributed by atoms with van der Waals surface area (Å²) in [6, 6.07) is 15.7. The molecule has 0 saturated carbocycles. The highest BCUT2D eigenvalue weighted by Gasteiger charge is 2.31. The molecule has 2 aromatic carbocycles. The van der Waals surface area contributed by atoms with Gasteiger partial charge in [-0.1, -0.05) is 41.6 Å². The smallest absolute Gasteiger partial charge is 0.276 e. The summed E-state index contributed by atoms with van der Waals surface area (Å²) in [5.74, 6) is -0.199. The second kappa shape index (κ2) is 7.26. The molecule has 5 rings (SSSR count). The first-order valence-electron chi connectivity index (χ1n) is 9.67. The number of nitrogens with zero attached hydrogens (tertiary/aromatic N) is 4. The fraction of sp³-hybridized carbons (Fsp3) is 0.174. The fourth-order valence-electron chi connectivity index (χ4n) is 3.98. The van der Waals surface area contributed by atoms with Gasteiger partial charge in [0.25, 0.3) is 5.91 Å². The maximum Gasteiger partial charge on any atom is 0.276 e. The first-order valence-corrected chi connectivity index (χ1v) is 9.67. The number of fused-ring (bicyclic) bond motifs is 1. The molecule has 1 atom stereocenters. The Hall–Kier alpha value is -3.74. The van der Waals surface area contributed by atoms with E-state index >= 15 is 0 Å². The number of carbonyl (C=O) groups excluding carboxylic acids is 1. The van der Waals surface area contributed by atoms with E-state index in [1.54, 1.807) is 27.8 Å². The van der Waals surface area contributed by atoms with Gasteiger partial charge in [-0.3, -0.25) is 9.48 Å². The van der Waals surface area contributed by atoms with Crippen LogP contribution in [-0.2, 0) is 13.6 Å². The van der Waals surface area contributed by atoms with Crippen molar-refractivity contribution in [3.8, 4) is 11.3 Å². The lowest BCUT2D eigenvalue weighted by molar-refractivity contribution is 0.0714. The van der Waals surface area contributed by atoms with Gasteiger partial charge in [0.05, 0.1) is 6.20 Å². The molecule has 0 N–H and O–H groups in total. The summed E-state index contributed by atoms with van der Waals surface area (Å²) in [5.41, 5.74) is 4.11. The van der Waals surface area contributed by atoms with E-state index in [0.717, 1.165) is 11.1 Å². The maximum absolute atomic E-state index is 13.5. The standard InChI is InChI=1S/C23H19FN4O2/c1-27-12-17(11-25-27)20-14-28(13-16-5-2-3-8-19(16)20)23(29)21-10-22(30-26-21)15-6-4-7-18(24)9-15/h2-12,20H,13-14H2,1H3. The topological polar surface area (TPSA) is 64.2 Å². The number of hydrogen-bond acceptors (Lipinski definition) is 4. The molecule has 0 aliphatic carbocycles. The van der Waals surface area contributed by atoms with E-state index in [4.69, 9.17) is 4.52 Å². The lowest BCUT2D eigenvalue weighted by Crippen LogP contribution is -2.38. The third-order valence-corrected chi connectivity index (χ3v) is 5.45. The molecule has 1 amide bonds. The molecule has 0 fully saturated rings. The summed E-state index contributed by atoms with van der Waals surface area (Å²) in [6.07, 6.45) is 3.82. The minimum Gasteiger partial charge on any atom is -0.355 e. The molecule has 1 aliphatic rings. The Kier molecular flexibility index (Phi) is 4.43. The highest BCUT2D eigenvalue weighted by molar-refractivity contribution is 5.93. The number of rotatable bonds is 3. The van der Waals surface area contributed by atoms with Gasteiger partial charge < -0.3 is 9.42 Å². The number of amides is 1. The Bertz CT molecular complexity index is 1230. The van der Waals surface area contributed by atoms with Crippen LogP contribution in [0.5, 0.6) is 0 Å². The fourth-order valence-corrected chi connectivity index (χ4v) is 3.98. The van der Waals surface area contributed by atoms with Crippen molar-refractivity contribution in [1.29, 1.82) is 0 Å². The van der Waals surface area contributed by atoms with Crippen LogP contribution in [0, 0.1) is 5.82 Å². The van der Waals surface area contributed by atoms with E-state index in [2.05, 4.69) is 16.3 Å². The van der Waals surface area contributed by atoms with Gasteiger partial charge >= 0.3 is 0 Å². The van der Waals surface area contributed by atoms with Crippen molar-refractivity contribution in [1.82, 2.24) is 19.8 Å². The predicted molar refractivity (Wildman–Crippen MR) is 108 cm³/mol. The van der Waals surface area contributed by atoms with Crippen LogP contribution in [0.3, 0.4) is 0 Å². The van der Waals surface area contributed by atoms with Crippen molar-refractivity contribution in [2.75, 3.05) is 6.54 Å². The van der Waals surface area contributed by atoms with Gasteiger partial charge in [-0.15, -0.1) is 0 Å². The van der Waals surface area contributed by atoms with Crippen LogP contribution in [0.25, 0.3) is 11.3 Å². The van der Waals surface area contributed by atoms with Crippen molar-refractivity contribution in [3.63, 3.8) is 0 Å². The molecule has 3 heterocycles. The van der Waals surface area contributed by atoms with Crippen molar-refractivity contribution in [2.24, 2.45) is 7.05 Å². The van der Waals surface area contributed by atoms with Crippen LogP contribution in [0.1, 0.15) is 33.1 Å². The molecule has 7 heteroatoms. The summed E-state index contributed by atoms with van der Waals surface area (Å²) in [7, 11) is 1.88. The Morgan fingerprint density at radius 2 is 2.03 bits per heavy atom. The van der Waals surface area contributed by atoms with E-state index in [9.17, 15) is 9.18 Å². The summed E-state index contributed by atoms with van der Waals surface area (Å²) in [4.78, 5) is 15.0. The summed E-state index contributed by atoms with van der Waals surface area (Å²) >= 11 is 0. The Morgan fingerprint density at radius 1 is 1.17 bits per heavy atom. The van der Waals surface area contributed by atoms with E-state index in [-0.39, 0.29) is 23.3 Å². The minimum atomic E-state index is -0.372. The first kappa shape index (κ1) is 18.3. The lowest BCUT2D eigenvalue weighted by atomic mass is 9.86. The Balaban J connectivity index is 1.45. The Labute approximate surface area is 172 Å². The van der Waals surface area contributed by atoms with E-state index in [0.29, 0.717) is 24.4 Å². The van der Waals surface area contributed by atoms with Gasteiger partial charge in [0, 0.05) is 43.9 Å². The number of hydrogen-bond donors (Lipinski definition) is 0. The van der Waals surface area contributed by atoms with Crippen LogP contribution in [0.15, 0.2) is 71.5 Å². The number of carbonyl (C=O) groups is 1. The highest BCUT2D eigenvalue weighted by atomic mass is 19.1. The van der Waals surface area contributed by atoms with Crippen molar-refractivity contribution >= 4 is 5.91 Å². The molecule has 0 spiro atoms. The van der Waals surface area contributed by atoms with Crippen molar-refractivity contribution < 1.29 is 13.7 Å². The number of aromatic nitrogens is 3. The van der Waals surface area contributed by atoms with Crippen LogP contribution < -0.4 is 0 Å². The van der Waals surface area contributed by atoms with Gasteiger partial charge in [-0.05, 0) is 28.8 Å². The van der Waals surface area contributed by atoms with Gasteiger partial charge in [0.1, 0.15) is 5.82 Å². The molecule has 150 valence electrons. The van der Waals surface area contributed by atoms with Gasteiger partial charge in [-0.25, -0.2) is 4.39 Å². The molecule has 1 aliphatic heterocycles. The molecule has 0 radical (unpaired) electrons. The maximum atomic E-state index is 13.5. The largest absolute Gasteiger partial charge is 0.355 e. The molecule has 0 saturated heterocycles. The van der Waals surface area contributed by atoms with Crippen LogP contribution >= 0.6 is 0 Å². The number of halogens is 1.